The van der Waals surface area contributed by atoms with Crippen molar-refractivity contribution in [2.75, 3.05) is 13.1 Å². The molecule has 1 amide bonds. The standard InChI is InChI=1S/C8H8N2.C5H9NO2/c1-6-3-2-4-7-8(6)10-5-9-7;7-5(8)6-3-1-2-4-6/h2-5H,1H3,(H,9,10);1-4H2,(H,7,8). The summed E-state index contributed by atoms with van der Waals surface area (Å²) in [7, 11) is 0. The Morgan fingerprint density at radius 2 is 2.11 bits per heavy atom. The maximum absolute atomic E-state index is 10.1. The molecule has 96 valence electrons. The quantitative estimate of drug-likeness (QED) is 0.751. The molecule has 0 atom stereocenters. The second kappa shape index (κ2) is 5.53. The number of likely N-dealkylation sites (tertiary alicyclic amines) is 1. The van der Waals surface area contributed by atoms with Crippen LogP contribution in [0.25, 0.3) is 11.0 Å². The van der Waals surface area contributed by atoms with Crippen LogP contribution < -0.4 is 0 Å². The number of para-hydroxylation sites is 1. The largest absolute Gasteiger partial charge is 0.465 e. The highest BCUT2D eigenvalue weighted by Gasteiger charge is 2.15. The number of aromatic nitrogens is 2. The average Bonchev–Trinajstić information content (AvgIpc) is 3.02. The third kappa shape index (κ3) is 2.80. The minimum atomic E-state index is -0.775. The second-order valence-electron chi connectivity index (χ2n) is 4.35. The van der Waals surface area contributed by atoms with Crippen molar-refractivity contribution < 1.29 is 9.90 Å². The van der Waals surface area contributed by atoms with Crippen LogP contribution in [0.2, 0.25) is 0 Å². The Bertz CT molecular complexity index is 530. The summed E-state index contributed by atoms with van der Waals surface area (Å²) in [5.74, 6) is 0. The zero-order valence-corrected chi connectivity index (χ0v) is 10.4. The molecule has 0 saturated carbocycles. The van der Waals surface area contributed by atoms with Gasteiger partial charge < -0.3 is 15.0 Å². The van der Waals surface area contributed by atoms with E-state index in [2.05, 4.69) is 23.0 Å². The van der Waals surface area contributed by atoms with Gasteiger partial charge in [0.05, 0.1) is 17.4 Å². The number of hydrogen-bond donors (Lipinski definition) is 2. The first-order chi connectivity index (χ1) is 8.68. The molecule has 1 aliphatic heterocycles. The third-order valence-electron chi connectivity index (χ3n) is 3.03. The lowest BCUT2D eigenvalue weighted by atomic mass is 10.2. The monoisotopic (exact) mass is 247 g/mol. The first-order valence-electron chi connectivity index (χ1n) is 6.05. The van der Waals surface area contributed by atoms with E-state index in [-0.39, 0.29) is 0 Å². The van der Waals surface area contributed by atoms with Gasteiger partial charge in [-0.05, 0) is 31.4 Å². The van der Waals surface area contributed by atoms with Crippen molar-refractivity contribution >= 4 is 17.1 Å². The number of aromatic amines is 1. The van der Waals surface area contributed by atoms with Crippen molar-refractivity contribution in [2.45, 2.75) is 19.8 Å². The molecular weight excluding hydrogens is 230 g/mol. The third-order valence-corrected chi connectivity index (χ3v) is 3.03. The maximum Gasteiger partial charge on any atom is 0.407 e. The highest BCUT2D eigenvalue weighted by Crippen LogP contribution is 2.12. The summed E-state index contributed by atoms with van der Waals surface area (Å²) in [6.45, 7) is 3.52. The van der Waals surface area contributed by atoms with Gasteiger partial charge in [-0.15, -0.1) is 0 Å². The van der Waals surface area contributed by atoms with Crippen molar-refractivity contribution in [3.8, 4) is 0 Å². The topological polar surface area (TPSA) is 69.2 Å². The van der Waals surface area contributed by atoms with E-state index in [4.69, 9.17) is 5.11 Å². The number of aryl methyl sites for hydroxylation is 1. The van der Waals surface area contributed by atoms with Crippen molar-refractivity contribution in [1.82, 2.24) is 14.9 Å². The highest BCUT2D eigenvalue weighted by atomic mass is 16.4. The first kappa shape index (κ1) is 12.4. The smallest absolute Gasteiger partial charge is 0.407 e. The highest BCUT2D eigenvalue weighted by molar-refractivity contribution is 5.77. The van der Waals surface area contributed by atoms with Gasteiger partial charge in [-0.3, -0.25) is 0 Å². The predicted molar refractivity (Wildman–Crippen MR) is 69.7 cm³/mol. The fourth-order valence-corrected chi connectivity index (χ4v) is 2.02. The number of nitrogens with zero attached hydrogens (tertiary/aromatic N) is 2. The van der Waals surface area contributed by atoms with Gasteiger partial charge >= 0.3 is 6.09 Å². The van der Waals surface area contributed by atoms with Crippen LogP contribution in [-0.4, -0.2) is 39.2 Å². The molecule has 1 fully saturated rings. The Hall–Kier alpha value is -2.04. The summed E-state index contributed by atoms with van der Waals surface area (Å²) in [6, 6.07) is 6.11. The zero-order chi connectivity index (χ0) is 13.0. The van der Waals surface area contributed by atoms with Crippen molar-refractivity contribution in [2.24, 2.45) is 0 Å². The molecule has 5 nitrogen and oxygen atoms in total. The molecule has 2 aromatic rings. The fraction of sp³-hybridized carbons (Fsp3) is 0.385. The number of hydrogen-bond acceptors (Lipinski definition) is 2. The van der Waals surface area contributed by atoms with E-state index < -0.39 is 6.09 Å². The normalized spacial score (nSPS) is 14.4. The number of fused-ring (bicyclic) bond motifs is 1. The number of benzene rings is 1. The molecular formula is C13H17N3O2. The average molecular weight is 247 g/mol. The molecule has 1 aliphatic rings. The molecule has 0 radical (unpaired) electrons. The molecule has 0 aliphatic carbocycles. The number of rotatable bonds is 0. The lowest BCUT2D eigenvalue weighted by molar-refractivity contribution is 0.156. The predicted octanol–water partition coefficient (Wildman–Crippen LogP) is 2.63. The maximum atomic E-state index is 10.1. The Morgan fingerprint density at radius 1 is 1.39 bits per heavy atom. The van der Waals surface area contributed by atoms with E-state index in [1.165, 1.54) is 10.5 Å². The molecule has 0 spiro atoms. The molecule has 18 heavy (non-hydrogen) atoms. The van der Waals surface area contributed by atoms with Crippen molar-refractivity contribution in [3.63, 3.8) is 0 Å². The van der Waals surface area contributed by atoms with Crippen LogP contribution in [0.1, 0.15) is 18.4 Å². The second-order valence-corrected chi connectivity index (χ2v) is 4.35. The SMILES string of the molecule is Cc1cccc2[nH]cnc12.O=C(O)N1CCCC1. The van der Waals surface area contributed by atoms with Gasteiger partial charge in [0.15, 0.2) is 0 Å². The molecule has 2 N–H and O–H groups in total. The Balaban J connectivity index is 0.000000138. The minimum Gasteiger partial charge on any atom is -0.465 e. The van der Waals surface area contributed by atoms with E-state index in [1.54, 1.807) is 6.33 Å². The molecule has 1 saturated heterocycles. The molecule has 0 bridgehead atoms. The Morgan fingerprint density at radius 3 is 2.67 bits per heavy atom. The van der Waals surface area contributed by atoms with Gasteiger partial charge in [-0.25, -0.2) is 9.78 Å². The van der Waals surface area contributed by atoms with Crippen LogP contribution in [0.5, 0.6) is 0 Å². The van der Waals surface area contributed by atoms with Crippen LogP contribution in [0, 0.1) is 6.92 Å². The van der Waals surface area contributed by atoms with Gasteiger partial charge in [0, 0.05) is 13.1 Å². The molecule has 3 rings (SSSR count). The van der Waals surface area contributed by atoms with E-state index in [0.717, 1.165) is 37.0 Å². The van der Waals surface area contributed by atoms with E-state index in [9.17, 15) is 4.79 Å². The summed E-state index contributed by atoms with van der Waals surface area (Å²) >= 11 is 0. The summed E-state index contributed by atoms with van der Waals surface area (Å²) in [5.41, 5.74) is 3.40. The summed E-state index contributed by atoms with van der Waals surface area (Å²) < 4.78 is 0. The fourth-order valence-electron chi connectivity index (χ4n) is 2.02. The van der Waals surface area contributed by atoms with Crippen molar-refractivity contribution in [3.05, 3.63) is 30.1 Å². The number of amides is 1. The van der Waals surface area contributed by atoms with Crippen LogP contribution in [-0.2, 0) is 0 Å². The lowest BCUT2D eigenvalue weighted by Crippen LogP contribution is -2.25. The Kier molecular flexibility index (Phi) is 3.82. The Labute approximate surface area is 105 Å². The molecule has 2 heterocycles. The molecule has 0 unspecified atom stereocenters. The van der Waals surface area contributed by atoms with Gasteiger partial charge in [-0.1, -0.05) is 12.1 Å². The summed E-state index contributed by atoms with van der Waals surface area (Å²) in [5, 5.41) is 8.34. The van der Waals surface area contributed by atoms with Gasteiger partial charge in [0.1, 0.15) is 0 Å². The van der Waals surface area contributed by atoms with E-state index in [1.807, 2.05) is 12.1 Å². The number of carbonyl (C=O) groups is 1. The zero-order valence-electron chi connectivity index (χ0n) is 10.4. The number of carboxylic acid groups (broad SMARTS) is 1. The summed E-state index contributed by atoms with van der Waals surface area (Å²) in [6.07, 6.45) is 3.01. The van der Waals surface area contributed by atoms with Gasteiger partial charge in [-0.2, -0.15) is 0 Å². The minimum absolute atomic E-state index is 0.731. The van der Waals surface area contributed by atoms with Crippen LogP contribution in [0.4, 0.5) is 4.79 Å². The molecule has 1 aromatic heterocycles. The van der Waals surface area contributed by atoms with E-state index in [0.29, 0.717) is 0 Å². The summed E-state index contributed by atoms with van der Waals surface area (Å²) in [4.78, 5) is 18.8. The molecule has 5 heteroatoms. The van der Waals surface area contributed by atoms with E-state index >= 15 is 0 Å². The molecule has 1 aromatic carbocycles. The van der Waals surface area contributed by atoms with Gasteiger partial charge in [0.25, 0.3) is 0 Å². The van der Waals surface area contributed by atoms with Crippen LogP contribution in [0.15, 0.2) is 24.5 Å². The van der Waals surface area contributed by atoms with Gasteiger partial charge in [0.2, 0.25) is 0 Å². The number of H-pyrrole nitrogens is 1. The first-order valence-corrected chi connectivity index (χ1v) is 6.05. The number of nitrogens with one attached hydrogen (secondary N) is 1. The van der Waals surface area contributed by atoms with Crippen LogP contribution >= 0.6 is 0 Å². The lowest BCUT2D eigenvalue weighted by Gasteiger charge is -2.07. The van der Waals surface area contributed by atoms with Crippen LogP contribution in [0.3, 0.4) is 0 Å². The van der Waals surface area contributed by atoms with Crippen molar-refractivity contribution in [1.29, 1.82) is 0 Å². The number of imidazole rings is 1.